The molecule has 1 atom stereocenters. The summed E-state index contributed by atoms with van der Waals surface area (Å²) in [4.78, 5) is 4.86. The van der Waals surface area contributed by atoms with E-state index in [1.807, 2.05) is 0 Å². The van der Waals surface area contributed by atoms with Crippen molar-refractivity contribution in [2.24, 2.45) is 0 Å². The Bertz CT molecular complexity index is 414. The van der Waals surface area contributed by atoms with Crippen molar-refractivity contribution >= 4 is 0 Å². The van der Waals surface area contributed by atoms with Crippen LogP contribution in [0.25, 0.3) is 0 Å². The van der Waals surface area contributed by atoms with Gasteiger partial charge in [-0.2, -0.15) is 0 Å². The number of piperidine rings is 1. The van der Waals surface area contributed by atoms with Crippen LogP contribution in [0.15, 0.2) is 10.5 Å². The number of hydrogen-bond acceptors (Lipinski definition) is 4. The van der Waals surface area contributed by atoms with E-state index in [4.69, 9.17) is 4.42 Å². The fourth-order valence-electron chi connectivity index (χ4n) is 2.92. The fourth-order valence-corrected chi connectivity index (χ4v) is 2.92. The number of likely N-dealkylation sites (tertiary alicyclic amines) is 1. The van der Waals surface area contributed by atoms with Gasteiger partial charge >= 0.3 is 0 Å². The minimum absolute atomic E-state index is 0.682. The molecule has 2 rings (SSSR count). The summed E-state index contributed by atoms with van der Waals surface area (Å²) in [6.07, 6.45) is 2.60. The van der Waals surface area contributed by atoms with Crippen molar-refractivity contribution in [2.45, 2.75) is 45.8 Å². The first kappa shape index (κ1) is 15.5. The largest absolute Gasteiger partial charge is 0.465 e. The van der Waals surface area contributed by atoms with E-state index < -0.39 is 0 Å². The maximum absolute atomic E-state index is 5.91. The quantitative estimate of drug-likeness (QED) is 0.865. The van der Waals surface area contributed by atoms with Crippen LogP contribution in [-0.2, 0) is 13.1 Å². The monoisotopic (exact) mass is 279 g/mol. The minimum atomic E-state index is 0.682. The molecule has 1 aromatic rings. The zero-order valence-electron chi connectivity index (χ0n) is 13.4. The number of aryl methyl sites for hydroxylation is 1. The van der Waals surface area contributed by atoms with E-state index >= 15 is 0 Å². The molecule has 0 bridgehead atoms. The van der Waals surface area contributed by atoms with Gasteiger partial charge < -0.3 is 14.6 Å². The van der Waals surface area contributed by atoms with Gasteiger partial charge in [-0.1, -0.05) is 6.92 Å². The van der Waals surface area contributed by atoms with Crippen LogP contribution in [-0.4, -0.2) is 49.6 Å². The smallest absolute Gasteiger partial charge is 0.118 e. The zero-order valence-corrected chi connectivity index (χ0v) is 13.4. The van der Waals surface area contributed by atoms with Gasteiger partial charge in [0, 0.05) is 24.7 Å². The van der Waals surface area contributed by atoms with E-state index in [1.54, 1.807) is 0 Å². The highest BCUT2D eigenvalue weighted by Crippen LogP contribution is 2.20. The highest BCUT2D eigenvalue weighted by atomic mass is 16.3. The van der Waals surface area contributed by atoms with Gasteiger partial charge in [0.2, 0.25) is 0 Å². The summed E-state index contributed by atoms with van der Waals surface area (Å²) >= 11 is 0. The summed E-state index contributed by atoms with van der Waals surface area (Å²) in [5, 5.41) is 3.36. The normalized spacial score (nSPS) is 20.8. The Kier molecular flexibility index (Phi) is 5.64. The first-order valence-electron chi connectivity index (χ1n) is 7.77. The second-order valence-electron chi connectivity index (χ2n) is 6.07. The molecule has 0 radical (unpaired) electrons. The van der Waals surface area contributed by atoms with E-state index in [-0.39, 0.29) is 0 Å². The molecule has 1 aliphatic heterocycles. The molecule has 2 heterocycles. The second kappa shape index (κ2) is 7.25. The highest BCUT2D eigenvalue weighted by molar-refractivity contribution is 5.20. The van der Waals surface area contributed by atoms with E-state index in [0.717, 1.165) is 37.7 Å². The third kappa shape index (κ3) is 4.08. The average molecular weight is 279 g/mol. The van der Waals surface area contributed by atoms with Crippen molar-refractivity contribution in [1.29, 1.82) is 0 Å². The first-order chi connectivity index (χ1) is 9.60. The number of rotatable bonds is 6. The van der Waals surface area contributed by atoms with Gasteiger partial charge in [-0.25, -0.2) is 0 Å². The van der Waals surface area contributed by atoms with Crippen molar-refractivity contribution in [3.05, 3.63) is 23.2 Å². The van der Waals surface area contributed by atoms with Gasteiger partial charge in [-0.05, 0) is 53.0 Å². The van der Waals surface area contributed by atoms with Crippen LogP contribution in [0.2, 0.25) is 0 Å². The molecule has 1 unspecified atom stereocenters. The predicted octanol–water partition coefficient (Wildman–Crippen LogP) is 2.22. The molecule has 0 aliphatic carbocycles. The molecule has 0 saturated carbocycles. The van der Waals surface area contributed by atoms with Crippen molar-refractivity contribution in [1.82, 2.24) is 15.1 Å². The molecule has 20 heavy (non-hydrogen) atoms. The Morgan fingerprint density at radius 2 is 2.25 bits per heavy atom. The van der Waals surface area contributed by atoms with Crippen molar-refractivity contribution in [3.8, 4) is 0 Å². The lowest BCUT2D eigenvalue weighted by atomic mass is 10.0. The van der Waals surface area contributed by atoms with Crippen LogP contribution in [0.1, 0.15) is 36.8 Å². The average Bonchev–Trinajstić information content (AvgIpc) is 2.76. The number of nitrogens with zero attached hydrogens (tertiary/aromatic N) is 2. The summed E-state index contributed by atoms with van der Waals surface area (Å²) in [7, 11) is 4.36. The maximum Gasteiger partial charge on any atom is 0.118 e. The summed E-state index contributed by atoms with van der Waals surface area (Å²) < 4.78 is 5.91. The fraction of sp³-hybridized carbons (Fsp3) is 0.750. The van der Waals surface area contributed by atoms with Crippen LogP contribution in [0.3, 0.4) is 0 Å². The van der Waals surface area contributed by atoms with Gasteiger partial charge in [-0.15, -0.1) is 0 Å². The van der Waals surface area contributed by atoms with Crippen LogP contribution < -0.4 is 5.32 Å². The molecule has 1 N–H and O–H groups in total. The standard InChI is InChI=1S/C16H29N3O/c1-5-17-10-14-9-16(20-13(14)2)12-19-8-6-7-15(11-19)18(3)4/h9,15,17H,5-8,10-12H2,1-4H3. The highest BCUT2D eigenvalue weighted by Gasteiger charge is 2.22. The van der Waals surface area contributed by atoms with Crippen LogP contribution in [0.5, 0.6) is 0 Å². The van der Waals surface area contributed by atoms with Crippen LogP contribution in [0, 0.1) is 6.92 Å². The maximum atomic E-state index is 5.91. The second-order valence-corrected chi connectivity index (χ2v) is 6.07. The number of furan rings is 1. The number of nitrogens with one attached hydrogen (secondary N) is 1. The number of hydrogen-bond donors (Lipinski definition) is 1. The lowest BCUT2D eigenvalue weighted by Crippen LogP contribution is -2.44. The van der Waals surface area contributed by atoms with Gasteiger partial charge in [0.15, 0.2) is 0 Å². The zero-order chi connectivity index (χ0) is 14.5. The van der Waals surface area contributed by atoms with E-state index in [0.29, 0.717) is 6.04 Å². The van der Waals surface area contributed by atoms with E-state index in [1.165, 1.54) is 24.9 Å². The molecule has 0 amide bonds. The molecular formula is C16H29N3O. The molecule has 0 aromatic carbocycles. The minimum Gasteiger partial charge on any atom is -0.465 e. The Morgan fingerprint density at radius 3 is 2.95 bits per heavy atom. The summed E-state index contributed by atoms with van der Waals surface area (Å²) in [5.41, 5.74) is 1.29. The molecule has 4 nitrogen and oxygen atoms in total. The van der Waals surface area contributed by atoms with E-state index in [2.05, 4.69) is 49.1 Å². The SMILES string of the molecule is CCNCc1cc(CN2CCCC(N(C)C)C2)oc1C. The molecule has 114 valence electrons. The third-order valence-electron chi connectivity index (χ3n) is 4.23. The summed E-state index contributed by atoms with van der Waals surface area (Å²) in [5.74, 6) is 2.16. The topological polar surface area (TPSA) is 31.6 Å². The van der Waals surface area contributed by atoms with Gasteiger partial charge in [0.1, 0.15) is 11.5 Å². The van der Waals surface area contributed by atoms with Crippen molar-refractivity contribution in [2.75, 3.05) is 33.7 Å². The van der Waals surface area contributed by atoms with Gasteiger partial charge in [-0.3, -0.25) is 4.90 Å². The Balaban J connectivity index is 1.92. The molecule has 1 fully saturated rings. The lowest BCUT2D eigenvalue weighted by molar-refractivity contribution is 0.121. The Hall–Kier alpha value is -0.840. The summed E-state index contributed by atoms with van der Waals surface area (Å²) in [6, 6.07) is 2.90. The van der Waals surface area contributed by atoms with Crippen molar-refractivity contribution < 1.29 is 4.42 Å². The molecule has 1 aromatic heterocycles. The van der Waals surface area contributed by atoms with E-state index in [9.17, 15) is 0 Å². The number of likely N-dealkylation sites (N-methyl/N-ethyl adjacent to an activating group) is 1. The Morgan fingerprint density at radius 1 is 1.45 bits per heavy atom. The summed E-state index contributed by atoms with van der Waals surface area (Å²) in [6.45, 7) is 9.38. The lowest BCUT2D eigenvalue weighted by Gasteiger charge is -2.35. The first-order valence-corrected chi connectivity index (χ1v) is 7.77. The van der Waals surface area contributed by atoms with Crippen LogP contribution in [0.4, 0.5) is 0 Å². The Labute approximate surface area is 123 Å². The molecule has 4 heteroatoms. The van der Waals surface area contributed by atoms with Gasteiger partial charge in [0.25, 0.3) is 0 Å². The molecule has 1 aliphatic rings. The van der Waals surface area contributed by atoms with Gasteiger partial charge in [0.05, 0.1) is 6.54 Å². The molecule has 1 saturated heterocycles. The molecular weight excluding hydrogens is 250 g/mol. The predicted molar refractivity (Wildman–Crippen MR) is 82.8 cm³/mol. The van der Waals surface area contributed by atoms with Crippen molar-refractivity contribution in [3.63, 3.8) is 0 Å². The third-order valence-corrected chi connectivity index (χ3v) is 4.23. The van der Waals surface area contributed by atoms with Crippen LogP contribution >= 0.6 is 0 Å². The molecule has 0 spiro atoms.